The second kappa shape index (κ2) is 16.4. The zero-order valence-corrected chi connectivity index (χ0v) is 39.1. The predicted molar refractivity (Wildman–Crippen MR) is 237 cm³/mol. The molecular weight excluding hydrogens is 693 g/mol. The van der Waals surface area contributed by atoms with Crippen LogP contribution in [-0.2, 0) is 20.7 Å². The summed E-state index contributed by atoms with van der Waals surface area (Å²) in [6, 6.07) is 9.21. The van der Waals surface area contributed by atoms with Crippen LogP contribution in [0.4, 0.5) is 0 Å². The van der Waals surface area contributed by atoms with E-state index in [4.69, 9.17) is 15.4 Å². The number of unbranched alkanes of at least 4 members (excludes halogenated alkanes) is 1. The van der Waals surface area contributed by atoms with Gasteiger partial charge in [0.15, 0.2) is 16.6 Å². The van der Waals surface area contributed by atoms with Crippen molar-refractivity contribution < 1.29 is 14.0 Å². The van der Waals surface area contributed by atoms with E-state index in [0.29, 0.717) is 11.8 Å². The van der Waals surface area contributed by atoms with Gasteiger partial charge in [-0.3, -0.25) is 0 Å². The monoisotopic (exact) mass is 773 g/mol. The van der Waals surface area contributed by atoms with Crippen LogP contribution in [0.15, 0.2) is 71.4 Å². The van der Waals surface area contributed by atoms with Gasteiger partial charge in [-0.1, -0.05) is 122 Å². The number of aryl methyl sites for hydroxylation is 1. The van der Waals surface area contributed by atoms with Crippen molar-refractivity contribution in [3.8, 4) is 0 Å². The summed E-state index contributed by atoms with van der Waals surface area (Å²) < 4.78 is 14.3. The van der Waals surface area contributed by atoms with Crippen LogP contribution in [-0.4, -0.2) is 40.1 Å². The van der Waals surface area contributed by atoms with Gasteiger partial charge in [-0.2, -0.15) is 0 Å². The van der Waals surface area contributed by atoms with Crippen molar-refractivity contribution in [1.82, 2.24) is 0 Å². The van der Waals surface area contributed by atoms with Crippen LogP contribution < -0.4 is 0 Å². The van der Waals surface area contributed by atoms with E-state index in [1.807, 2.05) is 0 Å². The maximum Gasteiger partial charge on any atom is 0.192 e. The Morgan fingerprint density at radius 2 is 1.57 bits per heavy atom. The van der Waals surface area contributed by atoms with Gasteiger partial charge < -0.3 is 14.0 Å². The number of hydrogen-bond acceptors (Lipinski definition) is 3. The summed E-state index contributed by atoms with van der Waals surface area (Å²) in [7, 11) is -3.96. The molecule has 3 nitrogen and oxygen atoms in total. The highest BCUT2D eigenvalue weighted by molar-refractivity contribution is 6.74. The maximum absolute atomic E-state index is 11.6. The molecule has 0 aromatic heterocycles. The number of fused-ring (bicyclic) bond motifs is 1. The first-order valence-corrected chi connectivity index (χ1v) is 27.7. The topological polar surface area (TPSA) is 38.7 Å². The molecule has 0 saturated heterocycles. The summed E-state index contributed by atoms with van der Waals surface area (Å²) >= 11 is 0. The van der Waals surface area contributed by atoms with E-state index in [2.05, 4.69) is 131 Å². The average molecular weight is 773 g/mol. The van der Waals surface area contributed by atoms with Gasteiger partial charge in [0, 0.05) is 11.8 Å². The van der Waals surface area contributed by atoms with Crippen molar-refractivity contribution in [3.05, 3.63) is 82.5 Å². The average Bonchev–Trinajstić information content (AvgIpc) is 3.81. The lowest BCUT2D eigenvalue weighted by molar-refractivity contribution is 0.0969. The van der Waals surface area contributed by atoms with E-state index >= 15 is 0 Å². The van der Waals surface area contributed by atoms with Crippen molar-refractivity contribution in [1.29, 1.82) is 0 Å². The van der Waals surface area contributed by atoms with Gasteiger partial charge in [0.25, 0.3) is 0 Å². The molecule has 4 fully saturated rings. The Hall–Kier alpha value is -1.51. The molecular formula is C49H80O3Si2. The Kier molecular flexibility index (Phi) is 13.2. The molecule has 4 aliphatic carbocycles. The minimum atomic E-state index is -2.00. The fourth-order valence-electron chi connectivity index (χ4n) is 9.75. The highest BCUT2D eigenvalue weighted by atomic mass is 28.4. The second-order valence-electron chi connectivity index (χ2n) is 21.5. The van der Waals surface area contributed by atoms with Crippen LogP contribution in [0.3, 0.4) is 0 Å². The molecule has 6 atom stereocenters. The number of rotatable bonds is 13. The fourth-order valence-corrected chi connectivity index (χ4v) is 12.4. The van der Waals surface area contributed by atoms with E-state index in [1.165, 1.54) is 72.8 Å². The minimum Gasteiger partial charge on any atom is -0.413 e. The summed E-state index contributed by atoms with van der Waals surface area (Å²) in [5.41, 5.74) is 8.61. The summed E-state index contributed by atoms with van der Waals surface area (Å²) in [6.45, 7) is 35.5. The lowest BCUT2D eigenvalue weighted by atomic mass is 9.62. The van der Waals surface area contributed by atoms with Crippen molar-refractivity contribution >= 4 is 16.6 Å². The lowest BCUT2D eigenvalue weighted by Crippen LogP contribution is -2.49. The molecule has 0 radical (unpaired) electrons. The van der Waals surface area contributed by atoms with Crippen LogP contribution >= 0.6 is 0 Å². The highest BCUT2D eigenvalue weighted by Gasteiger charge is 2.52. The largest absolute Gasteiger partial charge is 0.413 e. The van der Waals surface area contributed by atoms with Gasteiger partial charge >= 0.3 is 0 Å². The summed E-state index contributed by atoms with van der Waals surface area (Å²) in [6.07, 6.45) is 21.9. The third-order valence-electron chi connectivity index (χ3n) is 15.7. The summed E-state index contributed by atoms with van der Waals surface area (Å²) in [4.78, 5) is 0. The van der Waals surface area contributed by atoms with Crippen LogP contribution in [0.25, 0.3) is 0 Å². The van der Waals surface area contributed by atoms with Gasteiger partial charge in [0.2, 0.25) is 0 Å². The van der Waals surface area contributed by atoms with Gasteiger partial charge in [-0.25, -0.2) is 0 Å². The molecule has 302 valence electrons. The molecule has 0 unspecified atom stereocenters. The molecule has 0 bridgehead atoms. The number of allylic oxidation sites excluding steroid dienone is 4. The molecule has 0 aliphatic heterocycles. The first-order valence-electron chi connectivity index (χ1n) is 21.9. The molecule has 1 aromatic rings. The van der Waals surface area contributed by atoms with Crippen molar-refractivity contribution in [2.75, 3.05) is 0 Å². The Balaban J connectivity index is 1.32. The van der Waals surface area contributed by atoms with Crippen LogP contribution in [0.2, 0.25) is 36.3 Å². The molecule has 4 saturated carbocycles. The minimum absolute atomic E-state index is 0.00890. The third kappa shape index (κ3) is 9.27. The van der Waals surface area contributed by atoms with E-state index in [-0.39, 0.29) is 39.2 Å². The number of benzene rings is 1. The first kappa shape index (κ1) is 43.6. The molecule has 4 aliphatic rings. The zero-order valence-electron chi connectivity index (χ0n) is 37.1. The quantitative estimate of drug-likeness (QED) is 0.160. The molecule has 0 amide bonds. The smallest absolute Gasteiger partial charge is 0.192 e. The summed E-state index contributed by atoms with van der Waals surface area (Å²) in [5.74, 6) is 1.19. The standard InChI is InChI=1S/C49H80O3Si2/c1-15-16-18-37-21-25-40(26-22-37)49(31-32-49)45(50)29-20-35(2)42-27-28-43-38(19-17-30-48(42,43)10)23-24-39-33-41(51-53(11,12)46(4,5)6)34-44(36(39)3)52-54(13,14)47(7,8)9/h20-26,41-45,50H,3,15-19,27-34H2,1-2,4-14H3/b35-20?,38-23+,39-24-/t41-,42-,43+,44+,45-,48-/m1/s1. The normalized spacial score (nSPS) is 30.2. The maximum atomic E-state index is 11.6. The highest BCUT2D eigenvalue weighted by Crippen LogP contribution is 2.60. The fraction of sp³-hybridized carbons (Fsp3) is 0.714. The molecule has 5 rings (SSSR count). The molecule has 1 N–H and O–H groups in total. The molecule has 54 heavy (non-hydrogen) atoms. The molecule has 1 aromatic carbocycles. The van der Waals surface area contributed by atoms with Crippen molar-refractivity contribution in [2.24, 2.45) is 17.3 Å². The van der Waals surface area contributed by atoms with Gasteiger partial charge in [0.05, 0.1) is 18.3 Å². The van der Waals surface area contributed by atoms with Crippen LogP contribution in [0.5, 0.6) is 0 Å². The first-order chi connectivity index (χ1) is 25.0. The number of aliphatic hydroxyl groups excluding tert-OH is 1. The van der Waals surface area contributed by atoms with Gasteiger partial charge in [-0.15, -0.1) is 0 Å². The second-order valence-corrected chi connectivity index (χ2v) is 31.0. The Morgan fingerprint density at radius 1 is 0.944 bits per heavy atom. The lowest BCUT2D eigenvalue weighted by Gasteiger charge is -2.45. The molecule has 0 spiro atoms. The third-order valence-corrected chi connectivity index (χ3v) is 24.7. The molecule has 0 heterocycles. The zero-order chi connectivity index (χ0) is 39.9. The van der Waals surface area contributed by atoms with Crippen LogP contribution in [0, 0.1) is 17.3 Å². The van der Waals surface area contributed by atoms with E-state index in [1.54, 1.807) is 5.57 Å². The van der Waals surface area contributed by atoms with E-state index in [0.717, 1.165) is 38.5 Å². The number of hydrogen-bond donors (Lipinski definition) is 1. The van der Waals surface area contributed by atoms with E-state index < -0.39 is 16.6 Å². The van der Waals surface area contributed by atoms with Gasteiger partial charge in [0.1, 0.15) is 0 Å². The summed E-state index contributed by atoms with van der Waals surface area (Å²) in [5, 5.41) is 11.9. The molecule has 5 heteroatoms. The Labute approximate surface area is 334 Å². The SMILES string of the molecule is C=C1/C(=C\C=C2/CCC[C@]3(C)[C@@H](C(C)=CC[C@@H](O)C4(c5ccc(CCCC)cc5)CC4)CC[C@@H]23)C[C@@H](O[Si](C)(C)C(C)(C)C)C[C@@H]1O[Si](C)(C)C(C)(C)C. The van der Waals surface area contributed by atoms with Crippen LogP contribution in [0.1, 0.15) is 150 Å². The van der Waals surface area contributed by atoms with Gasteiger partial charge in [-0.05, 0) is 153 Å². The number of aliphatic hydroxyl groups is 1. The predicted octanol–water partition coefficient (Wildman–Crippen LogP) is 14.0. The Bertz CT molecular complexity index is 1560. The van der Waals surface area contributed by atoms with E-state index in [9.17, 15) is 5.11 Å². The Morgan fingerprint density at radius 3 is 2.17 bits per heavy atom. The van der Waals surface area contributed by atoms with Crippen molar-refractivity contribution in [3.63, 3.8) is 0 Å². The van der Waals surface area contributed by atoms with Crippen molar-refractivity contribution in [2.45, 2.75) is 206 Å².